The van der Waals surface area contributed by atoms with Crippen LogP contribution in [-0.2, 0) is 4.74 Å². The molecule has 0 aliphatic rings. The predicted octanol–water partition coefficient (Wildman–Crippen LogP) is 1.01. The summed E-state index contributed by atoms with van der Waals surface area (Å²) in [5, 5.41) is 0. The summed E-state index contributed by atoms with van der Waals surface area (Å²) in [6, 6.07) is 2.18. The first-order valence-electron chi connectivity index (χ1n) is 2.94. The van der Waals surface area contributed by atoms with Crippen molar-refractivity contribution < 1.29 is 13.9 Å². The minimum atomic E-state index is -0.635. The number of esters is 1. The van der Waals surface area contributed by atoms with Gasteiger partial charge < -0.3 is 4.74 Å². The summed E-state index contributed by atoms with van der Waals surface area (Å²) in [4.78, 5) is 14.3. The number of hydrogen-bond donors (Lipinski definition) is 0. The summed E-state index contributed by atoms with van der Waals surface area (Å²) in [5.41, 5.74) is -0.0208. The molecular formula is C7H6FNO2. The van der Waals surface area contributed by atoms with Gasteiger partial charge in [0.25, 0.3) is 0 Å². The maximum Gasteiger partial charge on any atom is 0.356 e. The van der Waals surface area contributed by atoms with Gasteiger partial charge in [-0.05, 0) is 6.07 Å². The third kappa shape index (κ3) is 1.73. The van der Waals surface area contributed by atoms with Crippen molar-refractivity contribution in [2.24, 2.45) is 0 Å². The second kappa shape index (κ2) is 3.09. The fourth-order valence-electron chi connectivity index (χ4n) is 0.621. The molecule has 1 rings (SSSR count). The standard InChI is InChI=1S/C7H6FNO2/c1-11-7(10)6-4-5(8)2-3-9-6/h2-4H,1H3. The van der Waals surface area contributed by atoms with E-state index in [0.29, 0.717) is 0 Å². The van der Waals surface area contributed by atoms with Crippen molar-refractivity contribution >= 4 is 5.97 Å². The smallest absolute Gasteiger partial charge is 0.356 e. The lowest BCUT2D eigenvalue weighted by molar-refractivity contribution is 0.0593. The molecule has 0 bridgehead atoms. The highest BCUT2D eigenvalue weighted by atomic mass is 19.1. The summed E-state index contributed by atoms with van der Waals surface area (Å²) in [7, 11) is 1.22. The van der Waals surface area contributed by atoms with Crippen LogP contribution in [-0.4, -0.2) is 18.1 Å². The minimum absolute atomic E-state index is 0.0208. The van der Waals surface area contributed by atoms with Gasteiger partial charge in [0.05, 0.1) is 7.11 Å². The molecule has 1 aromatic rings. The van der Waals surface area contributed by atoms with Crippen LogP contribution < -0.4 is 0 Å². The van der Waals surface area contributed by atoms with Gasteiger partial charge in [-0.25, -0.2) is 14.2 Å². The molecule has 4 heteroatoms. The molecule has 0 amide bonds. The maximum atomic E-state index is 12.4. The van der Waals surface area contributed by atoms with Crippen molar-refractivity contribution in [2.75, 3.05) is 7.11 Å². The molecule has 0 saturated heterocycles. The van der Waals surface area contributed by atoms with E-state index in [2.05, 4.69) is 9.72 Å². The Kier molecular flexibility index (Phi) is 2.15. The molecule has 0 fully saturated rings. The average Bonchev–Trinajstić information content (AvgIpc) is 2.03. The van der Waals surface area contributed by atoms with Gasteiger partial charge in [-0.2, -0.15) is 0 Å². The summed E-state index contributed by atoms with van der Waals surface area (Å²) in [5.74, 6) is -1.13. The number of ether oxygens (including phenoxy) is 1. The molecule has 0 saturated carbocycles. The zero-order chi connectivity index (χ0) is 8.27. The Morgan fingerprint density at radius 3 is 3.00 bits per heavy atom. The molecule has 3 nitrogen and oxygen atoms in total. The number of methoxy groups -OCH3 is 1. The Morgan fingerprint density at radius 2 is 2.45 bits per heavy atom. The molecule has 1 aromatic heterocycles. The summed E-state index contributed by atoms with van der Waals surface area (Å²) in [6.45, 7) is 0. The zero-order valence-corrected chi connectivity index (χ0v) is 5.87. The van der Waals surface area contributed by atoms with Crippen LogP contribution in [0, 0.1) is 5.82 Å². The third-order valence-corrected chi connectivity index (χ3v) is 1.12. The zero-order valence-electron chi connectivity index (χ0n) is 5.87. The van der Waals surface area contributed by atoms with E-state index < -0.39 is 11.8 Å². The maximum absolute atomic E-state index is 12.4. The topological polar surface area (TPSA) is 39.2 Å². The molecule has 0 aromatic carbocycles. The lowest BCUT2D eigenvalue weighted by Gasteiger charge is -1.95. The van der Waals surface area contributed by atoms with Crippen molar-refractivity contribution in [1.29, 1.82) is 0 Å². The molecule has 58 valence electrons. The molecule has 0 aliphatic carbocycles. The fourth-order valence-corrected chi connectivity index (χ4v) is 0.621. The Morgan fingerprint density at radius 1 is 1.73 bits per heavy atom. The van der Waals surface area contributed by atoms with Gasteiger partial charge in [0.1, 0.15) is 5.82 Å². The molecule has 0 aliphatic heterocycles. The molecule has 0 atom stereocenters. The summed E-state index contributed by atoms with van der Waals surface area (Å²) >= 11 is 0. The molecule has 0 spiro atoms. The normalized spacial score (nSPS) is 9.27. The highest BCUT2D eigenvalue weighted by Gasteiger charge is 2.06. The Labute approximate surface area is 62.8 Å². The number of hydrogen-bond acceptors (Lipinski definition) is 3. The van der Waals surface area contributed by atoms with Crippen LogP contribution in [0.3, 0.4) is 0 Å². The molecule has 0 radical (unpaired) electrons. The van der Waals surface area contributed by atoms with Crippen molar-refractivity contribution in [1.82, 2.24) is 4.98 Å². The number of aromatic nitrogens is 1. The SMILES string of the molecule is COC(=O)c1cc(F)ccn1. The first kappa shape index (κ1) is 7.65. The second-order valence-electron chi connectivity index (χ2n) is 1.85. The van der Waals surface area contributed by atoms with E-state index in [1.54, 1.807) is 0 Å². The molecule has 1 heterocycles. The number of nitrogens with zero attached hydrogens (tertiary/aromatic N) is 1. The quantitative estimate of drug-likeness (QED) is 0.568. The van der Waals surface area contributed by atoms with E-state index in [-0.39, 0.29) is 5.69 Å². The van der Waals surface area contributed by atoms with E-state index >= 15 is 0 Å². The summed E-state index contributed by atoms with van der Waals surface area (Å²) in [6.07, 6.45) is 1.21. The monoisotopic (exact) mass is 155 g/mol. The van der Waals surface area contributed by atoms with E-state index in [9.17, 15) is 9.18 Å². The number of carbonyl (C=O) groups is 1. The number of carbonyl (C=O) groups excluding carboxylic acids is 1. The van der Waals surface area contributed by atoms with E-state index in [0.717, 1.165) is 12.1 Å². The van der Waals surface area contributed by atoms with E-state index in [4.69, 9.17) is 0 Å². The van der Waals surface area contributed by atoms with Crippen LogP contribution in [0.25, 0.3) is 0 Å². The van der Waals surface area contributed by atoms with Gasteiger partial charge in [-0.1, -0.05) is 0 Å². The number of halogens is 1. The van der Waals surface area contributed by atoms with Gasteiger partial charge in [0.15, 0.2) is 5.69 Å². The molecule has 0 N–H and O–H groups in total. The van der Waals surface area contributed by atoms with Gasteiger partial charge in [-0.3, -0.25) is 0 Å². The van der Waals surface area contributed by atoms with Crippen LogP contribution in [0.5, 0.6) is 0 Å². The molecule has 0 unspecified atom stereocenters. The highest BCUT2D eigenvalue weighted by Crippen LogP contribution is 1.99. The van der Waals surface area contributed by atoms with Crippen molar-refractivity contribution in [3.05, 3.63) is 29.8 Å². The van der Waals surface area contributed by atoms with E-state index in [1.807, 2.05) is 0 Å². The van der Waals surface area contributed by atoms with Gasteiger partial charge in [0.2, 0.25) is 0 Å². The lowest BCUT2D eigenvalue weighted by atomic mass is 10.3. The average molecular weight is 155 g/mol. The summed E-state index contributed by atoms with van der Waals surface area (Å²) < 4.78 is 16.7. The predicted molar refractivity (Wildman–Crippen MR) is 35.5 cm³/mol. The Hall–Kier alpha value is -1.45. The first-order valence-corrected chi connectivity index (χ1v) is 2.94. The minimum Gasteiger partial charge on any atom is -0.464 e. The van der Waals surface area contributed by atoms with Crippen molar-refractivity contribution in [3.63, 3.8) is 0 Å². The van der Waals surface area contributed by atoms with Crippen LogP contribution in [0.15, 0.2) is 18.3 Å². The molecular weight excluding hydrogens is 149 g/mol. The molecule has 11 heavy (non-hydrogen) atoms. The fraction of sp³-hybridized carbons (Fsp3) is 0.143. The lowest BCUT2D eigenvalue weighted by Crippen LogP contribution is -2.03. The second-order valence-corrected chi connectivity index (χ2v) is 1.85. The van der Waals surface area contributed by atoms with Gasteiger partial charge >= 0.3 is 5.97 Å². The highest BCUT2D eigenvalue weighted by molar-refractivity contribution is 5.86. The van der Waals surface area contributed by atoms with Gasteiger partial charge in [0, 0.05) is 12.3 Å². The Balaban J connectivity index is 2.96. The number of pyridine rings is 1. The van der Waals surface area contributed by atoms with Gasteiger partial charge in [-0.15, -0.1) is 0 Å². The van der Waals surface area contributed by atoms with Crippen LogP contribution in [0.2, 0.25) is 0 Å². The third-order valence-electron chi connectivity index (χ3n) is 1.12. The first-order chi connectivity index (χ1) is 5.24. The van der Waals surface area contributed by atoms with E-state index in [1.165, 1.54) is 13.3 Å². The largest absolute Gasteiger partial charge is 0.464 e. The van der Waals surface area contributed by atoms with Crippen LogP contribution in [0.4, 0.5) is 4.39 Å². The van der Waals surface area contributed by atoms with Crippen LogP contribution >= 0.6 is 0 Å². The van der Waals surface area contributed by atoms with Crippen molar-refractivity contribution in [3.8, 4) is 0 Å². The number of rotatable bonds is 1. The van der Waals surface area contributed by atoms with Crippen molar-refractivity contribution in [2.45, 2.75) is 0 Å². The Bertz CT molecular complexity index is 275. The van der Waals surface area contributed by atoms with Crippen LogP contribution in [0.1, 0.15) is 10.5 Å².